The molecule has 52 heavy (non-hydrogen) atoms. The molecular weight excluding hydrogens is 676 g/mol. The van der Waals surface area contributed by atoms with Gasteiger partial charge in [0.25, 0.3) is 5.91 Å². The van der Waals surface area contributed by atoms with E-state index < -0.39 is 52.2 Å². The molecule has 0 unspecified atom stereocenters. The van der Waals surface area contributed by atoms with E-state index in [4.69, 9.17) is 8.83 Å². The lowest BCUT2D eigenvalue weighted by Gasteiger charge is -2.15. The van der Waals surface area contributed by atoms with Gasteiger partial charge in [-0.2, -0.15) is 0 Å². The molecule has 12 heteroatoms. The molecule has 1 amide bonds. The quantitative estimate of drug-likeness (QED) is 0.202. The molecule has 0 aliphatic heterocycles. The fourth-order valence-corrected chi connectivity index (χ4v) is 6.13. The number of carboxylic acid groups (broad SMARTS) is 1. The minimum atomic E-state index is -1.40. The first-order valence-electron chi connectivity index (χ1n) is 15.6. The van der Waals surface area contributed by atoms with Crippen LogP contribution >= 0.6 is 0 Å². The molecular formula is C40H23F2NO9. The minimum absolute atomic E-state index is 0.00876. The van der Waals surface area contributed by atoms with Crippen molar-refractivity contribution < 1.29 is 51.5 Å². The zero-order valence-corrected chi connectivity index (χ0v) is 27.2. The molecule has 2 aliphatic rings. The van der Waals surface area contributed by atoms with E-state index >= 15 is 0 Å². The maximum Gasteiger partial charge on any atom is 0.340 e. The Bertz CT molecular complexity index is 2520. The molecule has 2 aliphatic carbocycles. The van der Waals surface area contributed by atoms with Gasteiger partial charge in [-0.1, -0.05) is 48.5 Å². The van der Waals surface area contributed by atoms with Crippen LogP contribution in [-0.4, -0.2) is 59.1 Å². The van der Waals surface area contributed by atoms with Crippen LogP contribution in [0.3, 0.4) is 0 Å². The average molecular weight is 700 g/mol. The molecule has 256 valence electrons. The second kappa shape index (κ2) is 12.7. The van der Waals surface area contributed by atoms with E-state index in [-0.39, 0.29) is 67.5 Å². The lowest BCUT2D eigenvalue weighted by atomic mass is 9.86. The number of rotatable bonds is 4. The average Bonchev–Trinajstić information content (AvgIpc) is 3.75. The van der Waals surface area contributed by atoms with Crippen LogP contribution in [-0.2, 0) is 0 Å². The highest BCUT2D eigenvalue weighted by Gasteiger charge is 2.41. The number of hydrogen-bond donors (Lipinski definition) is 1. The number of carboxylic acids is 1. The van der Waals surface area contributed by atoms with Crippen LogP contribution in [0.2, 0.25) is 0 Å². The van der Waals surface area contributed by atoms with Gasteiger partial charge in [0.2, 0.25) is 11.6 Å². The van der Waals surface area contributed by atoms with Gasteiger partial charge in [0.05, 0.1) is 16.7 Å². The number of benzene rings is 4. The van der Waals surface area contributed by atoms with E-state index in [1.165, 1.54) is 53.4 Å². The van der Waals surface area contributed by atoms with Crippen molar-refractivity contribution in [1.29, 1.82) is 0 Å². The Balaban J connectivity index is 0.000000162. The standard InChI is InChI=1S/C21H14FNO4.C19H9FO5/c1-23(2)21(26)16-15-17(24)13-5-3-4-6-14(13)18(25)20(15)27-19(16)11-7-9-12(22)10-8-11;20-10-7-5-9(6-8-10)17-14(19(23)24)13-15(21)11-3-1-2-4-12(11)16(22)18(13)25-17/h3-10H,1-2H3;1-8H,(H,23,24). The molecule has 0 fully saturated rings. The van der Waals surface area contributed by atoms with E-state index in [1.807, 2.05) is 0 Å². The first kappa shape index (κ1) is 33.4. The molecule has 0 radical (unpaired) electrons. The zero-order valence-electron chi connectivity index (χ0n) is 27.2. The van der Waals surface area contributed by atoms with E-state index in [2.05, 4.69) is 0 Å². The van der Waals surface area contributed by atoms with Crippen LogP contribution in [0.5, 0.6) is 0 Å². The monoisotopic (exact) mass is 699 g/mol. The molecule has 0 saturated heterocycles. The lowest BCUT2D eigenvalue weighted by Crippen LogP contribution is -2.26. The van der Waals surface area contributed by atoms with Crippen LogP contribution in [0, 0.1) is 11.6 Å². The Labute approximate surface area is 292 Å². The normalized spacial score (nSPS) is 12.6. The number of nitrogens with zero attached hydrogens (tertiary/aromatic N) is 1. The molecule has 4 aromatic carbocycles. The van der Waals surface area contributed by atoms with E-state index in [0.717, 1.165) is 12.1 Å². The van der Waals surface area contributed by atoms with Gasteiger partial charge in [0.15, 0.2) is 23.1 Å². The van der Waals surface area contributed by atoms with Crippen molar-refractivity contribution in [3.63, 3.8) is 0 Å². The second-order valence-electron chi connectivity index (χ2n) is 11.9. The van der Waals surface area contributed by atoms with Crippen molar-refractivity contribution in [2.45, 2.75) is 0 Å². The van der Waals surface area contributed by atoms with Crippen molar-refractivity contribution in [2.75, 3.05) is 14.1 Å². The summed E-state index contributed by atoms with van der Waals surface area (Å²) in [6.45, 7) is 0. The van der Waals surface area contributed by atoms with E-state index in [9.17, 15) is 42.7 Å². The van der Waals surface area contributed by atoms with Gasteiger partial charge in [0, 0.05) is 47.5 Å². The van der Waals surface area contributed by atoms with Gasteiger partial charge in [-0.3, -0.25) is 24.0 Å². The highest BCUT2D eigenvalue weighted by molar-refractivity contribution is 6.31. The second-order valence-corrected chi connectivity index (χ2v) is 11.9. The largest absolute Gasteiger partial charge is 0.478 e. The summed E-state index contributed by atoms with van der Waals surface area (Å²) in [5, 5.41) is 9.58. The predicted molar refractivity (Wildman–Crippen MR) is 180 cm³/mol. The van der Waals surface area contributed by atoms with Gasteiger partial charge in [-0.25, -0.2) is 13.6 Å². The molecule has 2 aromatic heterocycles. The summed E-state index contributed by atoms with van der Waals surface area (Å²) in [6.07, 6.45) is 0. The van der Waals surface area contributed by atoms with Crippen LogP contribution in [0.15, 0.2) is 106 Å². The van der Waals surface area contributed by atoms with Gasteiger partial charge in [-0.05, 0) is 48.5 Å². The maximum absolute atomic E-state index is 13.3. The van der Waals surface area contributed by atoms with Crippen molar-refractivity contribution >= 4 is 35.0 Å². The molecule has 0 bridgehead atoms. The molecule has 10 nitrogen and oxygen atoms in total. The first-order chi connectivity index (χ1) is 24.9. The third kappa shape index (κ3) is 5.33. The Morgan fingerprint density at radius 1 is 0.519 bits per heavy atom. The number of carbonyl (C=O) groups excluding carboxylic acids is 5. The maximum atomic E-state index is 13.3. The van der Waals surface area contributed by atoms with Gasteiger partial charge in [0.1, 0.15) is 28.7 Å². The summed E-state index contributed by atoms with van der Waals surface area (Å²) in [5.74, 6) is -5.40. The number of halogens is 2. The number of aromatic carboxylic acids is 1. The Morgan fingerprint density at radius 3 is 1.23 bits per heavy atom. The molecule has 2 heterocycles. The van der Waals surface area contributed by atoms with Crippen molar-refractivity contribution in [2.24, 2.45) is 0 Å². The SMILES string of the molecule is CN(C)C(=O)c1c(-c2ccc(F)cc2)oc2c1C(=O)c1ccccc1C2=O.O=C1c2ccccc2C(=O)c2c1oc(-c1ccc(F)cc1)c2C(=O)O. The van der Waals surface area contributed by atoms with E-state index in [1.54, 1.807) is 50.5 Å². The zero-order chi connectivity index (χ0) is 37.0. The Hall–Kier alpha value is -7.08. The Morgan fingerprint density at radius 2 is 0.865 bits per heavy atom. The number of furan rings is 2. The van der Waals surface area contributed by atoms with Crippen LogP contribution in [0.4, 0.5) is 8.78 Å². The number of ketones is 4. The predicted octanol–water partition coefficient (Wildman–Crippen LogP) is 7.12. The van der Waals surface area contributed by atoms with Crippen LogP contribution in [0.1, 0.15) is 84.8 Å². The lowest BCUT2D eigenvalue weighted by molar-refractivity contribution is 0.0692. The summed E-state index contributed by atoms with van der Waals surface area (Å²) in [7, 11) is 3.08. The molecule has 0 atom stereocenters. The molecule has 0 saturated carbocycles. The highest BCUT2D eigenvalue weighted by atomic mass is 19.1. The van der Waals surface area contributed by atoms with E-state index in [0.29, 0.717) is 5.56 Å². The summed E-state index contributed by atoms with van der Waals surface area (Å²) in [6, 6.07) is 22.8. The Kier molecular flexibility index (Phi) is 8.14. The van der Waals surface area contributed by atoms with Gasteiger partial charge in [-0.15, -0.1) is 0 Å². The minimum Gasteiger partial charge on any atom is -0.478 e. The third-order valence-electron chi connectivity index (χ3n) is 8.56. The number of hydrogen-bond acceptors (Lipinski definition) is 8. The fraction of sp³-hybridized carbons (Fsp3) is 0.0500. The summed E-state index contributed by atoms with van der Waals surface area (Å²) < 4.78 is 37.7. The molecule has 1 N–H and O–H groups in total. The summed E-state index contributed by atoms with van der Waals surface area (Å²) >= 11 is 0. The third-order valence-corrected chi connectivity index (χ3v) is 8.56. The highest BCUT2D eigenvalue weighted by Crippen LogP contribution is 2.40. The van der Waals surface area contributed by atoms with Gasteiger partial charge >= 0.3 is 5.97 Å². The van der Waals surface area contributed by atoms with Crippen molar-refractivity contribution in [3.8, 4) is 22.6 Å². The first-order valence-corrected chi connectivity index (χ1v) is 15.6. The smallest absolute Gasteiger partial charge is 0.340 e. The fourth-order valence-electron chi connectivity index (χ4n) is 6.13. The summed E-state index contributed by atoms with van der Waals surface area (Å²) in [5.41, 5.74) is 0.729. The number of carbonyl (C=O) groups is 6. The molecule has 6 aromatic rings. The summed E-state index contributed by atoms with van der Waals surface area (Å²) in [4.78, 5) is 77.2. The van der Waals surface area contributed by atoms with Crippen LogP contribution in [0.25, 0.3) is 22.6 Å². The topological polar surface area (TPSA) is 152 Å². The van der Waals surface area contributed by atoms with Crippen LogP contribution < -0.4 is 0 Å². The molecule has 0 spiro atoms. The van der Waals surface area contributed by atoms with Gasteiger partial charge < -0.3 is 18.8 Å². The van der Waals surface area contributed by atoms with Crippen molar-refractivity contribution in [3.05, 3.63) is 165 Å². The number of amides is 1. The molecule has 8 rings (SSSR count). The number of fused-ring (bicyclic) bond motifs is 4. The van der Waals surface area contributed by atoms with Crippen molar-refractivity contribution in [1.82, 2.24) is 4.90 Å².